The zero-order valence-electron chi connectivity index (χ0n) is 5.87. The predicted octanol–water partition coefficient (Wildman–Crippen LogP) is 1.14. The number of carbonyl (C=O) groups is 2. The van der Waals surface area contributed by atoms with Gasteiger partial charge in [-0.15, -0.1) is 0 Å². The van der Waals surface area contributed by atoms with Crippen molar-refractivity contribution in [1.82, 2.24) is 0 Å². The third-order valence-corrected chi connectivity index (χ3v) is 1.62. The van der Waals surface area contributed by atoms with Crippen LogP contribution in [-0.4, -0.2) is 11.9 Å². The van der Waals surface area contributed by atoms with E-state index in [1.54, 1.807) is 0 Å². The Morgan fingerprint density at radius 3 is 2.42 bits per heavy atom. The standard InChI is InChI=1S/C8H3O4/c9-4-1-2-5-6(3-4)8(11)12-7(5)10/h1-3H. The summed E-state index contributed by atoms with van der Waals surface area (Å²) in [4.78, 5) is 21.7. The van der Waals surface area contributed by atoms with Gasteiger partial charge in [-0.1, -0.05) is 0 Å². The maximum atomic E-state index is 10.8. The van der Waals surface area contributed by atoms with Gasteiger partial charge in [-0.3, -0.25) is 5.11 Å². The smallest absolute Gasteiger partial charge is 0.347 e. The summed E-state index contributed by atoms with van der Waals surface area (Å²) >= 11 is 0. The molecule has 4 heteroatoms. The zero-order valence-corrected chi connectivity index (χ0v) is 5.87. The first-order valence-corrected chi connectivity index (χ1v) is 3.26. The molecule has 0 atom stereocenters. The molecule has 0 unspecified atom stereocenters. The summed E-state index contributed by atoms with van der Waals surface area (Å²) in [6.07, 6.45) is 0. The molecule has 1 aliphatic heterocycles. The molecule has 2 rings (SSSR count). The minimum atomic E-state index is -0.743. The maximum absolute atomic E-state index is 10.8. The molecule has 0 N–H and O–H groups in total. The van der Waals surface area contributed by atoms with Crippen LogP contribution < -0.4 is 0 Å². The fourth-order valence-electron chi connectivity index (χ4n) is 1.06. The van der Waals surface area contributed by atoms with Crippen molar-refractivity contribution in [2.24, 2.45) is 0 Å². The number of ether oxygens (including phenoxy) is 1. The topological polar surface area (TPSA) is 63.3 Å². The van der Waals surface area contributed by atoms with Crippen LogP contribution in [0.25, 0.3) is 0 Å². The summed E-state index contributed by atoms with van der Waals surface area (Å²) in [6, 6.07) is 3.62. The molecule has 1 radical (unpaired) electrons. The maximum Gasteiger partial charge on any atom is 0.347 e. The monoisotopic (exact) mass is 163 g/mol. The van der Waals surface area contributed by atoms with Crippen molar-refractivity contribution in [2.75, 3.05) is 0 Å². The van der Waals surface area contributed by atoms with E-state index in [0.29, 0.717) is 0 Å². The second-order valence-corrected chi connectivity index (χ2v) is 2.38. The average molecular weight is 163 g/mol. The molecule has 59 valence electrons. The van der Waals surface area contributed by atoms with Crippen molar-refractivity contribution in [3.63, 3.8) is 0 Å². The third-order valence-electron chi connectivity index (χ3n) is 1.62. The van der Waals surface area contributed by atoms with Crippen molar-refractivity contribution in [2.45, 2.75) is 0 Å². The molecule has 4 nitrogen and oxygen atoms in total. The van der Waals surface area contributed by atoms with E-state index in [-0.39, 0.29) is 16.9 Å². The molecule has 0 aliphatic carbocycles. The number of cyclic esters (lactones) is 2. The fourth-order valence-corrected chi connectivity index (χ4v) is 1.06. The second kappa shape index (κ2) is 2.07. The highest BCUT2D eigenvalue weighted by Crippen LogP contribution is 2.23. The molecule has 0 aromatic heterocycles. The number of hydrogen-bond acceptors (Lipinski definition) is 3. The Kier molecular flexibility index (Phi) is 1.18. The summed E-state index contributed by atoms with van der Waals surface area (Å²) in [7, 11) is 0. The summed E-state index contributed by atoms with van der Waals surface area (Å²) in [5.74, 6) is -1.73. The van der Waals surface area contributed by atoms with Crippen LogP contribution in [0.3, 0.4) is 0 Å². The van der Waals surface area contributed by atoms with E-state index in [4.69, 9.17) is 0 Å². The Bertz CT molecular complexity index is 381. The summed E-state index contributed by atoms with van der Waals surface area (Å²) < 4.78 is 4.27. The van der Waals surface area contributed by atoms with E-state index in [2.05, 4.69) is 4.74 Å². The third kappa shape index (κ3) is 0.780. The largest absolute Gasteiger partial charge is 0.386 e. The van der Waals surface area contributed by atoms with Gasteiger partial charge < -0.3 is 4.74 Å². The molecule has 0 amide bonds. The molecule has 0 spiro atoms. The fraction of sp³-hybridized carbons (Fsp3) is 0. The van der Waals surface area contributed by atoms with E-state index in [1.807, 2.05) is 0 Å². The van der Waals surface area contributed by atoms with Gasteiger partial charge in [0.15, 0.2) is 5.75 Å². The lowest BCUT2D eigenvalue weighted by molar-refractivity contribution is 0.0443. The lowest BCUT2D eigenvalue weighted by Gasteiger charge is -1.89. The number of rotatable bonds is 0. The van der Waals surface area contributed by atoms with Crippen molar-refractivity contribution in [1.29, 1.82) is 0 Å². The van der Waals surface area contributed by atoms with E-state index >= 15 is 0 Å². The Balaban J connectivity index is 2.68. The lowest BCUT2D eigenvalue weighted by Crippen LogP contribution is -1.96. The Morgan fingerprint density at radius 1 is 1.00 bits per heavy atom. The van der Waals surface area contributed by atoms with Gasteiger partial charge in [0.25, 0.3) is 0 Å². The van der Waals surface area contributed by atoms with Gasteiger partial charge in [0.05, 0.1) is 11.1 Å². The molecule has 1 aromatic carbocycles. The van der Waals surface area contributed by atoms with Crippen LogP contribution in [0.1, 0.15) is 20.7 Å². The first-order valence-electron chi connectivity index (χ1n) is 3.26. The van der Waals surface area contributed by atoms with Crippen LogP contribution in [0.15, 0.2) is 18.2 Å². The predicted molar refractivity (Wildman–Crippen MR) is 36.3 cm³/mol. The molecule has 1 aliphatic rings. The second-order valence-electron chi connectivity index (χ2n) is 2.38. The van der Waals surface area contributed by atoms with Crippen molar-refractivity contribution >= 4 is 11.9 Å². The number of fused-ring (bicyclic) bond motifs is 1. The Labute approximate surface area is 67.4 Å². The van der Waals surface area contributed by atoms with Gasteiger partial charge in [0, 0.05) is 6.07 Å². The number of carbonyl (C=O) groups excluding carboxylic acids is 2. The van der Waals surface area contributed by atoms with Crippen molar-refractivity contribution in [3.8, 4) is 5.75 Å². The van der Waals surface area contributed by atoms with Crippen LogP contribution >= 0.6 is 0 Å². The van der Waals surface area contributed by atoms with Gasteiger partial charge >= 0.3 is 11.9 Å². The molecule has 0 fully saturated rings. The molecule has 0 bridgehead atoms. The number of esters is 2. The summed E-state index contributed by atoms with van der Waals surface area (Å²) in [5.41, 5.74) is 0.229. The minimum absolute atomic E-state index is 0.0625. The first kappa shape index (κ1) is 6.84. The Hall–Kier alpha value is -1.84. The Morgan fingerprint density at radius 2 is 1.67 bits per heavy atom. The van der Waals surface area contributed by atoms with E-state index in [0.717, 1.165) is 6.07 Å². The first-order chi connectivity index (χ1) is 5.68. The molecular formula is C8H3O4. The normalized spacial score (nSPS) is 14.3. The van der Waals surface area contributed by atoms with Crippen LogP contribution in [0.2, 0.25) is 0 Å². The van der Waals surface area contributed by atoms with E-state index in [9.17, 15) is 14.7 Å². The minimum Gasteiger partial charge on any atom is -0.386 e. The van der Waals surface area contributed by atoms with Gasteiger partial charge in [-0.2, -0.15) is 0 Å². The summed E-state index contributed by atoms with van der Waals surface area (Å²) in [5, 5.41) is 10.8. The molecular weight excluding hydrogens is 160 g/mol. The van der Waals surface area contributed by atoms with Crippen LogP contribution in [0, 0.1) is 0 Å². The molecule has 1 heterocycles. The van der Waals surface area contributed by atoms with Crippen molar-refractivity contribution < 1.29 is 19.4 Å². The zero-order chi connectivity index (χ0) is 8.72. The van der Waals surface area contributed by atoms with Gasteiger partial charge in [0.1, 0.15) is 0 Å². The van der Waals surface area contributed by atoms with Crippen molar-refractivity contribution in [3.05, 3.63) is 29.3 Å². The van der Waals surface area contributed by atoms with E-state index < -0.39 is 11.9 Å². The van der Waals surface area contributed by atoms with Gasteiger partial charge in [-0.25, -0.2) is 9.59 Å². The van der Waals surface area contributed by atoms with Gasteiger partial charge in [0.2, 0.25) is 0 Å². The number of hydrogen-bond donors (Lipinski definition) is 0. The summed E-state index contributed by atoms with van der Waals surface area (Å²) in [6.45, 7) is 0. The molecule has 0 saturated carbocycles. The van der Waals surface area contributed by atoms with E-state index in [1.165, 1.54) is 12.1 Å². The molecule has 12 heavy (non-hydrogen) atoms. The SMILES string of the molecule is [O]c1ccc2c(c1)C(=O)OC2=O. The van der Waals surface area contributed by atoms with Crippen LogP contribution in [0.4, 0.5) is 0 Å². The van der Waals surface area contributed by atoms with Crippen LogP contribution in [0.5, 0.6) is 5.75 Å². The highest BCUT2D eigenvalue weighted by molar-refractivity contribution is 6.14. The molecule has 1 aromatic rings. The van der Waals surface area contributed by atoms with Crippen LogP contribution in [-0.2, 0) is 9.84 Å². The van der Waals surface area contributed by atoms with Gasteiger partial charge in [-0.05, 0) is 12.1 Å². The highest BCUT2D eigenvalue weighted by atomic mass is 16.6. The lowest BCUT2D eigenvalue weighted by atomic mass is 10.1. The number of benzene rings is 1. The average Bonchev–Trinajstić information content (AvgIpc) is 2.28. The molecule has 0 saturated heterocycles. The highest BCUT2D eigenvalue weighted by Gasteiger charge is 2.29. The quantitative estimate of drug-likeness (QED) is 0.425.